The number of methoxy groups -OCH3 is 1. The molecule has 0 radical (unpaired) electrons. The molecule has 0 atom stereocenters. The van der Waals surface area contributed by atoms with Gasteiger partial charge in [-0.15, -0.1) is 0 Å². The maximum absolute atomic E-state index is 11.5. The Morgan fingerprint density at radius 3 is 2.30 bits per heavy atom. The number of sulfone groups is 1. The highest BCUT2D eigenvalue weighted by molar-refractivity contribution is 7.90. The first-order chi connectivity index (χ1) is 14.4. The van der Waals surface area contributed by atoms with Gasteiger partial charge in [0.1, 0.15) is 12.4 Å². The van der Waals surface area contributed by atoms with Crippen molar-refractivity contribution in [3.05, 3.63) is 89.5 Å². The van der Waals surface area contributed by atoms with Crippen LogP contribution in [0.1, 0.15) is 21.5 Å². The summed E-state index contributed by atoms with van der Waals surface area (Å²) in [5, 5.41) is 3.18. The Balaban J connectivity index is 0.000000263. The third kappa shape index (κ3) is 5.61. The van der Waals surface area contributed by atoms with Gasteiger partial charge in [0.15, 0.2) is 9.84 Å². The van der Waals surface area contributed by atoms with Gasteiger partial charge in [0, 0.05) is 24.1 Å². The van der Waals surface area contributed by atoms with Gasteiger partial charge in [0.05, 0.1) is 17.6 Å². The fourth-order valence-electron chi connectivity index (χ4n) is 2.77. The lowest BCUT2D eigenvalue weighted by atomic mass is 10.1. The molecule has 3 aromatic carbocycles. The molecule has 0 amide bonds. The number of rotatable bonds is 5. The summed E-state index contributed by atoms with van der Waals surface area (Å²) in [6.07, 6.45) is 1.19. The Morgan fingerprint density at radius 1 is 1.03 bits per heavy atom. The van der Waals surface area contributed by atoms with E-state index in [2.05, 4.69) is 16.1 Å². The van der Waals surface area contributed by atoms with Gasteiger partial charge in [-0.2, -0.15) is 0 Å². The summed E-state index contributed by atoms with van der Waals surface area (Å²) in [5.74, 6) is 0.667. The van der Waals surface area contributed by atoms with Gasteiger partial charge >= 0.3 is 5.97 Å². The van der Waals surface area contributed by atoms with Crippen molar-refractivity contribution in [1.29, 1.82) is 0 Å². The molecule has 156 valence electrons. The average Bonchev–Trinajstić information content (AvgIpc) is 2.73. The van der Waals surface area contributed by atoms with Crippen LogP contribution in [0, 0.1) is 0 Å². The molecule has 0 saturated heterocycles. The summed E-state index contributed by atoms with van der Waals surface area (Å²) in [7, 11) is -1.87. The average molecular weight is 426 g/mol. The predicted octanol–water partition coefficient (Wildman–Crippen LogP) is 4.07. The highest BCUT2D eigenvalue weighted by Gasteiger charge is 2.11. The quantitative estimate of drug-likeness (QED) is 0.621. The number of para-hydroxylation sites is 1. The summed E-state index contributed by atoms with van der Waals surface area (Å²) in [6, 6.07) is 21.7. The van der Waals surface area contributed by atoms with E-state index in [1.54, 1.807) is 42.5 Å². The third-order valence-corrected chi connectivity index (χ3v) is 5.60. The summed E-state index contributed by atoms with van der Waals surface area (Å²) < 4.78 is 32.8. The zero-order valence-electron chi connectivity index (χ0n) is 16.8. The van der Waals surface area contributed by atoms with Crippen molar-refractivity contribution in [2.75, 3.05) is 18.7 Å². The molecule has 0 saturated carbocycles. The third-order valence-electron chi connectivity index (χ3n) is 4.49. The van der Waals surface area contributed by atoms with E-state index in [9.17, 15) is 13.2 Å². The molecule has 0 unspecified atom stereocenters. The lowest BCUT2D eigenvalue weighted by molar-refractivity contribution is 0.0600. The number of anilines is 1. The summed E-state index contributed by atoms with van der Waals surface area (Å²) >= 11 is 0. The first kappa shape index (κ1) is 21.4. The van der Waals surface area contributed by atoms with Crippen LogP contribution >= 0.6 is 0 Å². The minimum atomic E-state index is -3.21. The van der Waals surface area contributed by atoms with Gasteiger partial charge in [0.2, 0.25) is 0 Å². The zero-order chi connectivity index (χ0) is 21.6. The van der Waals surface area contributed by atoms with Crippen LogP contribution in [0.25, 0.3) is 0 Å². The smallest absolute Gasteiger partial charge is 0.337 e. The van der Waals surface area contributed by atoms with Crippen LogP contribution in [-0.2, 0) is 27.7 Å². The number of ether oxygens (including phenoxy) is 2. The zero-order valence-corrected chi connectivity index (χ0v) is 17.6. The molecule has 3 aromatic rings. The van der Waals surface area contributed by atoms with Crippen LogP contribution in [0.15, 0.2) is 77.7 Å². The molecule has 7 heteroatoms. The van der Waals surface area contributed by atoms with Gasteiger partial charge in [-0.1, -0.05) is 30.3 Å². The second-order valence-corrected chi connectivity index (χ2v) is 8.75. The number of nitrogens with one attached hydrogen (secondary N) is 1. The Morgan fingerprint density at radius 2 is 1.77 bits per heavy atom. The maximum atomic E-state index is 11.5. The lowest BCUT2D eigenvalue weighted by Crippen LogP contribution is -2.07. The van der Waals surface area contributed by atoms with E-state index in [0.717, 1.165) is 23.6 Å². The van der Waals surface area contributed by atoms with E-state index in [1.165, 1.54) is 18.9 Å². The van der Waals surface area contributed by atoms with E-state index in [-0.39, 0.29) is 5.97 Å². The van der Waals surface area contributed by atoms with Crippen molar-refractivity contribution < 1.29 is 22.7 Å². The summed E-state index contributed by atoms with van der Waals surface area (Å²) in [4.78, 5) is 11.6. The van der Waals surface area contributed by atoms with Gasteiger partial charge < -0.3 is 14.8 Å². The monoisotopic (exact) mass is 425 g/mol. The molecular weight excluding hydrogens is 402 g/mol. The maximum Gasteiger partial charge on any atom is 0.337 e. The minimum Gasteiger partial charge on any atom is -0.488 e. The first-order valence-corrected chi connectivity index (χ1v) is 11.2. The summed E-state index contributed by atoms with van der Waals surface area (Å²) in [6.45, 7) is 1.29. The van der Waals surface area contributed by atoms with Gasteiger partial charge in [-0.25, -0.2) is 13.2 Å². The molecule has 1 aliphatic heterocycles. The predicted molar refractivity (Wildman–Crippen MR) is 115 cm³/mol. The standard InChI is InChI=1S/C16H17NO4S.C7H6O/c1-21-16(18)13-6-8-14(9-7-13)17-11-12-4-3-5-15(10-12)22(2,19)20;1-2-4-7-6(3-1)5-8-7/h3-10,17H,11H2,1-2H3;1-4H,5H2. The fourth-order valence-corrected chi connectivity index (χ4v) is 3.46. The molecule has 0 fully saturated rings. The Bertz CT molecular complexity index is 1100. The van der Waals surface area contributed by atoms with E-state index in [0.29, 0.717) is 17.0 Å². The first-order valence-electron chi connectivity index (χ1n) is 9.29. The SMILES string of the molecule is COC(=O)c1ccc(NCc2cccc(S(C)(=O)=O)c2)cc1.c1ccc2c(c1)CO2. The van der Waals surface area contributed by atoms with Gasteiger partial charge in [-0.3, -0.25) is 0 Å². The number of carbonyl (C=O) groups is 1. The number of hydrogen-bond acceptors (Lipinski definition) is 6. The second kappa shape index (κ2) is 9.45. The molecule has 30 heavy (non-hydrogen) atoms. The van der Waals surface area contributed by atoms with E-state index in [4.69, 9.17) is 4.74 Å². The molecular formula is C23H23NO5S. The number of hydrogen-bond donors (Lipinski definition) is 1. The van der Waals surface area contributed by atoms with Crippen molar-refractivity contribution in [2.45, 2.75) is 18.0 Å². The fraction of sp³-hybridized carbons (Fsp3) is 0.174. The lowest BCUT2D eigenvalue weighted by Gasteiger charge is -2.18. The number of benzene rings is 3. The van der Waals surface area contributed by atoms with Crippen LogP contribution in [0.5, 0.6) is 5.75 Å². The van der Waals surface area contributed by atoms with Crippen LogP contribution in [0.2, 0.25) is 0 Å². The molecule has 1 N–H and O–H groups in total. The molecule has 4 rings (SSSR count). The van der Waals surface area contributed by atoms with E-state index >= 15 is 0 Å². The second-order valence-electron chi connectivity index (χ2n) is 6.74. The molecule has 1 heterocycles. The minimum absolute atomic E-state index is 0.299. The van der Waals surface area contributed by atoms with Gasteiger partial charge in [-0.05, 0) is 48.0 Å². The topological polar surface area (TPSA) is 81.7 Å². The molecule has 1 aliphatic rings. The van der Waals surface area contributed by atoms with Crippen LogP contribution in [0.3, 0.4) is 0 Å². The Kier molecular flexibility index (Phi) is 6.74. The van der Waals surface area contributed by atoms with Crippen LogP contribution in [-0.4, -0.2) is 27.8 Å². The van der Waals surface area contributed by atoms with Crippen LogP contribution < -0.4 is 10.1 Å². The van der Waals surface area contributed by atoms with E-state index in [1.807, 2.05) is 24.3 Å². The van der Waals surface area contributed by atoms with Crippen molar-refractivity contribution in [1.82, 2.24) is 0 Å². The normalized spacial score (nSPS) is 11.7. The highest BCUT2D eigenvalue weighted by Crippen LogP contribution is 2.27. The van der Waals surface area contributed by atoms with Gasteiger partial charge in [0.25, 0.3) is 0 Å². The van der Waals surface area contributed by atoms with Crippen molar-refractivity contribution in [3.8, 4) is 5.75 Å². The van der Waals surface area contributed by atoms with E-state index < -0.39 is 9.84 Å². The molecule has 0 aliphatic carbocycles. The largest absolute Gasteiger partial charge is 0.488 e. The highest BCUT2D eigenvalue weighted by atomic mass is 32.2. The van der Waals surface area contributed by atoms with Crippen molar-refractivity contribution in [2.24, 2.45) is 0 Å². The molecule has 0 spiro atoms. The number of carbonyl (C=O) groups excluding carboxylic acids is 1. The molecule has 0 bridgehead atoms. The van der Waals surface area contributed by atoms with Crippen molar-refractivity contribution in [3.63, 3.8) is 0 Å². The summed E-state index contributed by atoms with van der Waals surface area (Å²) in [5.41, 5.74) is 3.50. The number of esters is 1. The Labute approximate surface area is 176 Å². The van der Waals surface area contributed by atoms with Crippen molar-refractivity contribution >= 4 is 21.5 Å². The molecule has 6 nitrogen and oxygen atoms in total. The van der Waals surface area contributed by atoms with Crippen LogP contribution in [0.4, 0.5) is 5.69 Å². The number of fused-ring (bicyclic) bond motifs is 1. The Hall–Kier alpha value is -3.32. The molecule has 0 aromatic heterocycles.